The quantitative estimate of drug-likeness (QED) is 0.367. The summed E-state index contributed by atoms with van der Waals surface area (Å²) >= 11 is 0. The molecule has 0 radical (unpaired) electrons. The smallest absolute Gasteiger partial charge is 0.419 e. The lowest BCUT2D eigenvalue weighted by Crippen LogP contribution is -2.38. The normalized spacial score (nSPS) is 11.3. The van der Waals surface area contributed by atoms with Gasteiger partial charge < -0.3 is 4.74 Å². The molecule has 0 saturated carbocycles. The molecule has 33 heavy (non-hydrogen) atoms. The van der Waals surface area contributed by atoms with Crippen LogP contribution in [0, 0.1) is 0 Å². The second kappa shape index (κ2) is 8.92. The molecule has 3 aromatic carbocycles. The van der Waals surface area contributed by atoms with Crippen LogP contribution >= 0.6 is 0 Å². The molecule has 7 heteroatoms. The van der Waals surface area contributed by atoms with E-state index in [2.05, 4.69) is 51.7 Å². The zero-order chi connectivity index (χ0) is 22.5. The lowest BCUT2D eigenvalue weighted by Gasteiger charge is -2.35. The summed E-state index contributed by atoms with van der Waals surface area (Å²) in [6.45, 7) is -0.00847. The maximum Gasteiger partial charge on any atom is 0.419 e. The van der Waals surface area contributed by atoms with E-state index in [9.17, 15) is 4.79 Å². The maximum absolute atomic E-state index is 12.2. The van der Waals surface area contributed by atoms with E-state index in [0.717, 1.165) is 16.7 Å². The van der Waals surface area contributed by atoms with Crippen molar-refractivity contribution in [2.24, 2.45) is 0 Å². The van der Waals surface area contributed by atoms with E-state index in [1.807, 2.05) is 65.5 Å². The Hall–Kier alpha value is -4.52. The number of carbonyl (C=O) groups is 1. The minimum atomic E-state index is -0.761. The van der Waals surface area contributed by atoms with Crippen molar-refractivity contribution in [1.29, 1.82) is 0 Å². The molecule has 0 aliphatic rings. The molecule has 0 aliphatic carbocycles. The number of hydrogen-bond acceptors (Lipinski definition) is 5. The van der Waals surface area contributed by atoms with Gasteiger partial charge in [0.2, 0.25) is 0 Å². The second-order valence-corrected chi connectivity index (χ2v) is 7.49. The van der Waals surface area contributed by atoms with Gasteiger partial charge in [-0.05, 0) is 16.7 Å². The van der Waals surface area contributed by atoms with Crippen LogP contribution in [0.25, 0.3) is 0 Å². The fourth-order valence-electron chi connectivity index (χ4n) is 4.04. The number of carbonyl (C=O) groups excluding carboxylic acids is 1. The summed E-state index contributed by atoms with van der Waals surface area (Å²) < 4.78 is 8.49. The molecule has 0 unspecified atom stereocenters. The van der Waals surface area contributed by atoms with Crippen LogP contribution in [0.3, 0.4) is 0 Å². The fraction of sp³-hybridized carbons (Fsp3) is 0.0769. The number of nitrogens with zero attached hydrogens (tertiary/aromatic N) is 5. The molecule has 0 amide bonds. The first kappa shape index (κ1) is 20.4. The molecule has 7 nitrogen and oxygen atoms in total. The molecule has 5 rings (SSSR count). The number of hydrogen-bond donors (Lipinski definition) is 0. The van der Waals surface area contributed by atoms with Crippen molar-refractivity contribution in [3.05, 3.63) is 138 Å². The zero-order valence-corrected chi connectivity index (χ0v) is 17.7. The third-order valence-electron chi connectivity index (χ3n) is 5.52. The van der Waals surface area contributed by atoms with Crippen molar-refractivity contribution in [2.75, 3.05) is 0 Å². The van der Waals surface area contributed by atoms with Gasteiger partial charge in [-0.2, -0.15) is 0 Å². The molecule has 5 aromatic rings. The second-order valence-electron chi connectivity index (χ2n) is 7.49. The highest BCUT2D eigenvalue weighted by atomic mass is 16.5. The minimum absolute atomic E-state index is 0.00847. The van der Waals surface area contributed by atoms with Crippen LogP contribution in [-0.2, 0) is 16.9 Å². The molecule has 0 spiro atoms. The Bertz CT molecular complexity index is 1220. The minimum Gasteiger partial charge on any atom is -0.442 e. The van der Waals surface area contributed by atoms with E-state index >= 15 is 0 Å². The number of aromatic nitrogens is 5. The van der Waals surface area contributed by atoms with Crippen LogP contribution in [0.15, 0.2) is 116 Å². The third-order valence-corrected chi connectivity index (χ3v) is 5.52. The highest BCUT2D eigenvalue weighted by molar-refractivity contribution is 5.69. The summed E-state index contributed by atoms with van der Waals surface area (Å²) in [5.74, 6) is 0. The lowest BCUT2D eigenvalue weighted by molar-refractivity contribution is 0.140. The molecule has 0 N–H and O–H groups in total. The molecule has 0 aliphatic heterocycles. The molecular weight excluding hydrogens is 414 g/mol. The molecule has 0 saturated heterocycles. The standard InChI is InChI=1S/C26H21N5O2/c32-25(30-17-16-27-20-30)33-19-24-18-31(29-28-24)26(21-10-4-1-5-11-21,22-12-6-2-7-13-22)23-14-8-3-9-15-23/h1-18,20H,19H2. The van der Waals surface area contributed by atoms with E-state index in [-0.39, 0.29) is 6.61 Å². The highest BCUT2D eigenvalue weighted by Crippen LogP contribution is 2.40. The van der Waals surface area contributed by atoms with Gasteiger partial charge in [0.1, 0.15) is 24.2 Å². The molecule has 2 aromatic heterocycles. The molecule has 0 bridgehead atoms. The molecular formula is C26H21N5O2. The Morgan fingerprint density at radius 3 is 1.85 bits per heavy atom. The van der Waals surface area contributed by atoms with Crippen LogP contribution in [0.5, 0.6) is 0 Å². The first-order valence-corrected chi connectivity index (χ1v) is 10.5. The van der Waals surface area contributed by atoms with Crippen LogP contribution in [0.1, 0.15) is 22.4 Å². The number of benzene rings is 3. The van der Waals surface area contributed by atoms with Crippen molar-refractivity contribution in [3.8, 4) is 0 Å². The molecule has 0 atom stereocenters. The first-order chi connectivity index (χ1) is 16.3. The van der Waals surface area contributed by atoms with Crippen LogP contribution in [0.2, 0.25) is 0 Å². The summed E-state index contributed by atoms with van der Waals surface area (Å²) in [7, 11) is 0. The average Bonchev–Trinajstić information content (AvgIpc) is 3.59. The fourth-order valence-corrected chi connectivity index (χ4v) is 4.04. The number of rotatable bonds is 6. The van der Waals surface area contributed by atoms with Gasteiger partial charge >= 0.3 is 6.09 Å². The summed E-state index contributed by atoms with van der Waals surface area (Å²) in [4.78, 5) is 16.1. The molecule has 0 fully saturated rings. The predicted octanol–water partition coefficient (Wildman–Crippen LogP) is 4.50. The van der Waals surface area contributed by atoms with Crippen molar-refractivity contribution in [3.63, 3.8) is 0 Å². The number of imidazole rings is 1. The van der Waals surface area contributed by atoms with Gasteiger partial charge in [-0.25, -0.2) is 19.0 Å². The number of ether oxygens (including phenoxy) is 1. The van der Waals surface area contributed by atoms with Gasteiger partial charge in [-0.1, -0.05) is 96.2 Å². The Labute approximate surface area is 190 Å². The molecule has 162 valence electrons. The topological polar surface area (TPSA) is 74.8 Å². The maximum atomic E-state index is 12.2. The largest absolute Gasteiger partial charge is 0.442 e. The van der Waals surface area contributed by atoms with Crippen LogP contribution < -0.4 is 0 Å². The summed E-state index contributed by atoms with van der Waals surface area (Å²) in [6, 6.07) is 30.6. The van der Waals surface area contributed by atoms with Crippen molar-refractivity contribution >= 4 is 6.09 Å². The van der Waals surface area contributed by atoms with E-state index in [0.29, 0.717) is 5.69 Å². The third kappa shape index (κ3) is 3.80. The van der Waals surface area contributed by atoms with E-state index in [1.165, 1.54) is 23.3 Å². The Kier molecular flexibility index (Phi) is 5.51. The Morgan fingerprint density at radius 1 is 0.818 bits per heavy atom. The summed E-state index contributed by atoms with van der Waals surface area (Å²) in [6.07, 6.45) is 5.75. The van der Waals surface area contributed by atoms with Crippen molar-refractivity contribution in [1.82, 2.24) is 24.5 Å². The van der Waals surface area contributed by atoms with Gasteiger partial charge in [0.15, 0.2) is 0 Å². The first-order valence-electron chi connectivity index (χ1n) is 10.5. The van der Waals surface area contributed by atoms with Crippen molar-refractivity contribution in [2.45, 2.75) is 12.1 Å². The van der Waals surface area contributed by atoms with E-state index < -0.39 is 11.6 Å². The van der Waals surface area contributed by atoms with Crippen molar-refractivity contribution < 1.29 is 9.53 Å². The Balaban J connectivity index is 1.61. The monoisotopic (exact) mass is 435 g/mol. The van der Waals surface area contributed by atoms with Gasteiger partial charge in [-0.3, -0.25) is 0 Å². The predicted molar refractivity (Wildman–Crippen MR) is 122 cm³/mol. The van der Waals surface area contributed by atoms with Gasteiger partial charge in [-0.15, -0.1) is 5.10 Å². The van der Waals surface area contributed by atoms with E-state index in [4.69, 9.17) is 4.74 Å². The van der Waals surface area contributed by atoms with Gasteiger partial charge in [0.05, 0.1) is 6.20 Å². The average molecular weight is 435 g/mol. The lowest BCUT2D eigenvalue weighted by atomic mass is 9.77. The van der Waals surface area contributed by atoms with Gasteiger partial charge in [0.25, 0.3) is 0 Å². The molecule has 2 heterocycles. The highest BCUT2D eigenvalue weighted by Gasteiger charge is 2.39. The Morgan fingerprint density at radius 2 is 1.36 bits per heavy atom. The summed E-state index contributed by atoms with van der Waals surface area (Å²) in [5.41, 5.74) is 2.89. The van der Waals surface area contributed by atoms with Gasteiger partial charge in [0, 0.05) is 12.4 Å². The van der Waals surface area contributed by atoms with Crippen LogP contribution in [-0.4, -0.2) is 30.6 Å². The summed E-state index contributed by atoms with van der Waals surface area (Å²) in [5, 5.41) is 8.84. The zero-order valence-electron chi connectivity index (χ0n) is 17.7. The van der Waals surface area contributed by atoms with E-state index in [1.54, 1.807) is 0 Å². The van der Waals surface area contributed by atoms with Crippen LogP contribution in [0.4, 0.5) is 4.79 Å². The SMILES string of the molecule is O=C(OCc1cn(C(c2ccccc2)(c2ccccc2)c2ccccc2)nn1)n1ccnc1.